The molecule has 1 fully saturated rings. The van der Waals surface area contributed by atoms with Gasteiger partial charge in [-0.15, -0.1) is 11.6 Å². The zero-order valence-corrected chi connectivity index (χ0v) is 21.4. The first-order valence-electron chi connectivity index (χ1n) is 11.8. The van der Waals surface area contributed by atoms with Crippen LogP contribution in [0.15, 0.2) is 54.6 Å². The van der Waals surface area contributed by atoms with E-state index in [1.807, 2.05) is 70.2 Å². The molecular formula is C27H34ClN3O4. The lowest BCUT2D eigenvalue weighted by Gasteiger charge is -2.32. The lowest BCUT2D eigenvalue weighted by molar-refractivity contribution is -0.146. The van der Waals surface area contributed by atoms with Crippen LogP contribution in [0.3, 0.4) is 0 Å². The van der Waals surface area contributed by atoms with Crippen molar-refractivity contribution in [3.05, 3.63) is 71.3 Å². The molecule has 0 aromatic heterocycles. The third-order valence-electron chi connectivity index (χ3n) is 5.97. The Balaban J connectivity index is 1.84. The summed E-state index contributed by atoms with van der Waals surface area (Å²) in [6.07, 6.45) is -1.03. The standard InChI is InChI=1S/C27H34ClN3O4/c1-17-10-8-9-13-20(17)24(33)29-21(14-18-11-6-5-7-12-18)23(32)26(35)31-16-19(28)15-22(31)25(34)30-27(2,3)4/h5-13,19,21-23,32H,14-16H2,1-4H3,(H,29,33)(H,30,34)/t19?,21?,22-,23?/m0/s1. The van der Waals surface area contributed by atoms with Crippen LogP contribution < -0.4 is 10.6 Å². The highest BCUT2D eigenvalue weighted by atomic mass is 35.5. The number of alkyl halides is 1. The van der Waals surface area contributed by atoms with E-state index >= 15 is 0 Å². The van der Waals surface area contributed by atoms with Crippen LogP contribution in [0.2, 0.25) is 0 Å². The third kappa shape index (κ3) is 7.05. The Morgan fingerprint density at radius 2 is 1.71 bits per heavy atom. The van der Waals surface area contributed by atoms with E-state index in [0.29, 0.717) is 12.0 Å². The first-order chi connectivity index (χ1) is 16.5. The van der Waals surface area contributed by atoms with Gasteiger partial charge in [0.05, 0.1) is 11.4 Å². The van der Waals surface area contributed by atoms with Crippen LogP contribution in [0.5, 0.6) is 0 Å². The number of hydrogen-bond acceptors (Lipinski definition) is 4. The number of aliphatic hydroxyl groups excluding tert-OH is 1. The van der Waals surface area contributed by atoms with Crippen molar-refractivity contribution in [1.82, 2.24) is 15.5 Å². The topological polar surface area (TPSA) is 98.7 Å². The van der Waals surface area contributed by atoms with Gasteiger partial charge in [0.1, 0.15) is 6.04 Å². The number of carbonyl (C=O) groups is 3. The molecule has 0 radical (unpaired) electrons. The van der Waals surface area contributed by atoms with Crippen molar-refractivity contribution in [1.29, 1.82) is 0 Å². The Hall–Kier alpha value is -2.90. The van der Waals surface area contributed by atoms with Crippen molar-refractivity contribution in [2.45, 2.75) is 69.6 Å². The fourth-order valence-electron chi connectivity index (χ4n) is 4.26. The molecule has 3 rings (SSSR count). The second-order valence-electron chi connectivity index (χ2n) is 10.1. The molecule has 3 N–H and O–H groups in total. The molecule has 0 aliphatic carbocycles. The number of nitrogens with one attached hydrogen (secondary N) is 2. The summed E-state index contributed by atoms with van der Waals surface area (Å²) in [6.45, 7) is 7.54. The number of nitrogens with zero attached hydrogens (tertiary/aromatic N) is 1. The number of likely N-dealkylation sites (tertiary alicyclic amines) is 1. The molecule has 1 heterocycles. The van der Waals surface area contributed by atoms with Crippen LogP contribution in [-0.2, 0) is 16.0 Å². The van der Waals surface area contributed by atoms with E-state index in [0.717, 1.165) is 11.1 Å². The normalized spacial score (nSPS) is 19.7. The van der Waals surface area contributed by atoms with Crippen molar-refractivity contribution in [2.75, 3.05) is 6.54 Å². The zero-order chi connectivity index (χ0) is 25.8. The average molecular weight is 500 g/mol. The predicted molar refractivity (Wildman–Crippen MR) is 136 cm³/mol. The maximum atomic E-state index is 13.5. The van der Waals surface area contributed by atoms with Crippen molar-refractivity contribution in [2.24, 2.45) is 0 Å². The molecule has 188 valence electrons. The molecule has 0 bridgehead atoms. The van der Waals surface area contributed by atoms with Gasteiger partial charge in [-0.05, 0) is 57.7 Å². The Kier molecular flexibility index (Phi) is 8.56. The number of hydrogen-bond donors (Lipinski definition) is 3. The molecule has 1 aliphatic rings. The number of benzene rings is 2. The molecular weight excluding hydrogens is 466 g/mol. The van der Waals surface area contributed by atoms with Crippen molar-refractivity contribution in [3.8, 4) is 0 Å². The largest absolute Gasteiger partial charge is 0.381 e. The van der Waals surface area contributed by atoms with Crippen LogP contribution in [0, 0.1) is 6.92 Å². The second-order valence-corrected chi connectivity index (χ2v) is 10.7. The van der Waals surface area contributed by atoms with E-state index in [1.54, 1.807) is 12.1 Å². The van der Waals surface area contributed by atoms with Crippen molar-refractivity contribution < 1.29 is 19.5 Å². The first kappa shape index (κ1) is 26.7. The molecule has 3 amide bonds. The van der Waals surface area contributed by atoms with Gasteiger partial charge < -0.3 is 20.6 Å². The molecule has 35 heavy (non-hydrogen) atoms. The van der Waals surface area contributed by atoms with Gasteiger partial charge in [-0.1, -0.05) is 48.5 Å². The molecule has 7 nitrogen and oxygen atoms in total. The van der Waals surface area contributed by atoms with E-state index < -0.39 is 35.0 Å². The number of halogens is 1. The minimum atomic E-state index is -1.56. The van der Waals surface area contributed by atoms with Gasteiger partial charge in [0.15, 0.2) is 6.10 Å². The van der Waals surface area contributed by atoms with Crippen molar-refractivity contribution in [3.63, 3.8) is 0 Å². The fourth-order valence-corrected chi connectivity index (χ4v) is 4.57. The van der Waals surface area contributed by atoms with Gasteiger partial charge in [-0.25, -0.2) is 0 Å². The van der Waals surface area contributed by atoms with E-state index in [1.165, 1.54) is 4.90 Å². The number of aryl methyl sites for hydroxylation is 1. The summed E-state index contributed by atoms with van der Waals surface area (Å²) < 4.78 is 0. The highest BCUT2D eigenvalue weighted by Gasteiger charge is 2.43. The molecule has 0 saturated carbocycles. The van der Waals surface area contributed by atoms with Crippen LogP contribution >= 0.6 is 11.6 Å². The summed E-state index contributed by atoms with van der Waals surface area (Å²) in [6, 6.07) is 14.8. The summed E-state index contributed by atoms with van der Waals surface area (Å²) in [4.78, 5) is 40.8. The smallest absolute Gasteiger partial charge is 0.254 e. The zero-order valence-electron chi connectivity index (χ0n) is 20.6. The Bertz CT molecular complexity index is 1050. The number of carbonyl (C=O) groups excluding carboxylic acids is 3. The molecule has 4 atom stereocenters. The lowest BCUT2D eigenvalue weighted by atomic mass is 9.98. The highest BCUT2D eigenvalue weighted by molar-refractivity contribution is 6.21. The first-order valence-corrected chi connectivity index (χ1v) is 12.2. The van der Waals surface area contributed by atoms with E-state index in [4.69, 9.17) is 11.6 Å². The van der Waals surface area contributed by atoms with Gasteiger partial charge >= 0.3 is 0 Å². The summed E-state index contributed by atoms with van der Waals surface area (Å²) >= 11 is 6.33. The molecule has 1 saturated heterocycles. The van der Waals surface area contributed by atoms with Gasteiger partial charge in [0, 0.05) is 17.6 Å². The Morgan fingerprint density at radius 1 is 1.09 bits per heavy atom. The predicted octanol–water partition coefficient (Wildman–Crippen LogP) is 2.82. The van der Waals surface area contributed by atoms with E-state index in [-0.39, 0.29) is 24.8 Å². The molecule has 2 aromatic carbocycles. The molecule has 1 aliphatic heterocycles. The molecule has 2 aromatic rings. The number of rotatable bonds is 7. The summed E-state index contributed by atoms with van der Waals surface area (Å²) in [5.41, 5.74) is 1.63. The molecule has 0 spiro atoms. The maximum Gasteiger partial charge on any atom is 0.254 e. The van der Waals surface area contributed by atoms with E-state index in [2.05, 4.69) is 10.6 Å². The quantitative estimate of drug-likeness (QED) is 0.510. The van der Waals surface area contributed by atoms with Gasteiger partial charge in [0.2, 0.25) is 5.91 Å². The SMILES string of the molecule is Cc1ccccc1C(=O)NC(Cc1ccccc1)C(O)C(=O)N1CC(Cl)C[C@H]1C(=O)NC(C)(C)C. The minimum Gasteiger partial charge on any atom is -0.381 e. The van der Waals surface area contributed by atoms with Crippen LogP contribution in [0.4, 0.5) is 0 Å². The monoisotopic (exact) mass is 499 g/mol. The number of aliphatic hydroxyl groups is 1. The molecule has 8 heteroatoms. The fraction of sp³-hybridized carbons (Fsp3) is 0.444. The van der Waals surface area contributed by atoms with Crippen LogP contribution in [0.1, 0.15) is 48.7 Å². The minimum absolute atomic E-state index is 0.142. The van der Waals surface area contributed by atoms with E-state index in [9.17, 15) is 19.5 Å². The number of amides is 3. The van der Waals surface area contributed by atoms with Gasteiger partial charge in [-0.3, -0.25) is 14.4 Å². The highest BCUT2D eigenvalue weighted by Crippen LogP contribution is 2.25. The summed E-state index contributed by atoms with van der Waals surface area (Å²) in [5, 5.41) is 16.5. The van der Waals surface area contributed by atoms with Gasteiger partial charge in [0.25, 0.3) is 11.8 Å². The average Bonchev–Trinajstić information content (AvgIpc) is 3.19. The van der Waals surface area contributed by atoms with Crippen molar-refractivity contribution >= 4 is 29.3 Å². The Labute approximate surface area is 211 Å². The Morgan fingerprint density at radius 3 is 2.34 bits per heavy atom. The van der Waals surface area contributed by atoms with Crippen LogP contribution in [-0.4, -0.2) is 63.4 Å². The summed E-state index contributed by atoms with van der Waals surface area (Å²) in [5.74, 6) is -1.33. The lowest BCUT2D eigenvalue weighted by Crippen LogP contribution is -2.57. The van der Waals surface area contributed by atoms with Crippen LogP contribution in [0.25, 0.3) is 0 Å². The molecule has 3 unspecified atom stereocenters. The summed E-state index contributed by atoms with van der Waals surface area (Å²) in [7, 11) is 0. The second kappa shape index (κ2) is 11.2. The third-order valence-corrected chi connectivity index (χ3v) is 6.29. The van der Waals surface area contributed by atoms with Gasteiger partial charge in [-0.2, -0.15) is 0 Å². The maximum absolute atomic E-state index is 13.5.